The second-order valence-electron chi connectivity index (χ2n) is 4.50. The van der Waals surface area contributed by atoms with Crippen molar-refractivity contribution in [2.24, 2.45) is 0 Å². The number of fused-ring (bicyclic) bond motifs is 1. The summed E-state index contributed by atoms with van der Waals surface area (Å²) in [4.78, 5) is 8.14. The first kappa shape index (κ1) is 12.5. The van der Waals surface area contributed by atoms with Gasteiger partial charge in [0.15, 0.2) is 0 Å². The summed E-state index contributed by atoms with van der Waals surface area (Å²) in [6, 6.07) is 7.22. The van der Waals surface area contributed by atoms with Gasteiger partial charge in [-0.15, -0.1) is 10.2 Å². The molecule has 108 valence electrons. The molecule has 0 aliphatic carbocycles. The lowest BCUT2D eigenvalue weighted by Gasteiger charge is -2.05. The number of benzene rings is 1. The second-order valence-corrected chi connectivity index (χ2v) is 4.50. The van der Waals surface area contributed by atoms with Crippen LogP contribution in [0.2, 0.25) is 0 Å². The van der Waals surface area contributed by atoms with Crippen molar-refractivity contribution in [2.75, 3.05) is 0 Å². The van der Waals surface area contributed by atoms with Gasteiger partial charge in [-0.1, -0.05) is 5.16 Å². The molecule has 0 fully saturated rings. The van der Waals surface area contributed by atoms with E-state index >= 15 is 0 Å². The van der Waals surface area contributed by atoms with Gasteiger partial charge in [0.25, 0.3) is 5.71 Å². The quantitative estimate of drug-likeness (QED) is 0.568. The summed E-state index contributed by atoms with van der Waals surface area (Å²) in [6.07, 6.45) is 2.65. The van der Waals surface area contributed by atoms with E-state index in [9.17, 15) is 0 Å². The van der Waals surface area contributed by atoms with Crippen molar-refractivity contribution in [3.63, 3.8) is 0 Å². The molecule has 0 radical (unpaired) electrons. The van der Waals surface area contributed by atoms with Crippen molar-refractivity contribution < 1.29 is 13.7 Å². The van der Waals surface area contributed by atoms with E-state index in [-0.39, 0.29) is 0 Å². The fourth-order valence-corrected chi connectivity index (χ4v) is 2.04. The molecule has 0 saturated heterocycles. The topological polar surface area (TPSA) is 100.0 Å². The van der Waals surface area contributed by atoms with Gasteiger partial charge in [-0.25, -0.2) is 4.98 Å². The Kier molecular flexibility index (Phi) is 2.78. The smallest absolute Gasteiger partial charge is 0.264 e. The van der Waals surface area contributed by atoms with E-state index in [1.54, 1.807) is 19.1 Å². The van der Waals surface area contributed by atoms with Gasteiger partial charge in [0.1, 0.15) is 17.5 Å². The van der Waals surface area contributed by atoms with Crippen LogP contribution in [0.4, 0.5) is 0 Å². The van der Waals surface area contributed by atoms with Crippen molar-refractivity contribution in [1.29, 1.82) is 0 Å². The van der Waals surface area contributed by atoms with Gasteiger partial charge in [0, 0.05) is 5.56 Å². The first-order valence-electron chi connectivity index (χ1n) is 6.43. The lowest BCUT2D eigenvalue weighted by atomic mass is 10.2. The SMILES string of the molecule is Cc1noc2ncnc(Oc3ccc(-c4nnco4)cc3)c12. The molecule has 0 unspecified atom stereocenters. The molecule has 3 aromatic heterocycles. The summed E-state index contributed by atoms with van der Waals surface area (Å²) < 4.78 is 16.0. The van der Waals surface area contributed by atoms with Crippen molar-refractivity contribution in [2.45, 2.75) is 6.92 Å². The second kappa shape index (κ2) is 4.92. The minimum atomic E-state index is 0.394. The largest absolute Gasteiger partial charge is 0.438 e. The molecule has 0 saturated carbocycles. The molecule has 0 bridgehead atoms. The predicted molar refractivity (Wildman–Crippen MR) is 74.1 cm³/mol. The lowest BCUT2D eigenvalue weighted by Crippen LogP contribution is -1.91. The van der Waals surface area contributed by atoms with Crippen molar-refractivity contribution in [1.82, 2.24) is 25.3 Å². The Hall–Kier alpha value is -3.29. The van der Waals surface area contributed by atoms with Crippen LogP contribution in [0.5, 0.6) is 11.6 Å². The van der Waals surface area contributed by atoms with Gasteiger partial charge in [0.2, 0.25) is 18.2 Å². The Morgan fingerprint density at radius 2 is 1.95 bits per heavy atom. The lowest BCUT2D eigenvalue weighted by molar-refractivity contribution is 0.440. The number of hydrogen-bond acceptors (Lipinski definition) is 8. The number of nitrogens with zero attached hydrogens (tertiary/aromatic N) is 5. The van der Waals surface area contributed by atoms with Crippen molar-refractivity contribution >= 4 is 11.1 Å². The minimum absolute atomic E-state index is 0.394. The van der Waals surface area contributed by atoms with Gasteiger partial charge in [0.05, 0.1) is 5.69 Å². The van der Waals surface area contributed by atoms with Crippen LogP contribution < -0.4 is 4.74 Å². The third-order valence-electron chi connectivity index (χ3n) is 3.08. The highest BCUT2D eigenvalue weighted by molar-refractivity contribution is 5.81. The molecule has 1 aromatic carbocycles. The van der Waals surface area contributed by atoms with Gasteiger partial charge >= 0.3 is 0 Å². The molecule has 0 atom stereocenters. The number of hydrogen-bond donors (Lipinski definition) is 0. The molecule has 22 heavy (non-hydrogen) atoms. The Morgan fingerprint density at radius 1 is 1.09 bits per heavy atom. The van der Waals surface area contributed by atoms with E-state index in [2.05, 4.69) is 25.3 Å². The number of aryl methyl sites for hydroxylation is 1. The summed E-state index contributed by atoms with van der Waals surface area (Å²) in [5.74, 6) is 1.46. The van der Waals surface area contributed by atoms with Crippen LogP contribution >= 0.6 is 0 Å². The van der Waals surface area contributed by atoms with Crippen LogP contribution in [0.15, 0.2) is 45.9 Å². The molecule has 0 aliphatic rings. The van der Waals surface area contributed by atoms with Crippen molar-refractivity contribution in [3.05, 3.63) is 42.7 Å². The van der Waals surface area contributed by atoms with E-state index in [1.807, 2.05) is 12.1 Å². The fraction of sp³-hybridized carbons (Fsp3) is 0.0714. The Balaban J connectivity index is 1.67. The molecular weight excluding hydrogens is 286 g/mol. The molecule has 0 amide bonds. The average Bonchev–Trinajstić information content (AvgIpc) is 3.19. The number of ether oxygens (including phenoxy) is 1. The van der Waals surface area contributed by atoms with Crippen LogP contribution in [0.3, 0.4) is 0 Å². The highest BCUT2D eigenvalue weighted by Crippen LogP contribution is 2.29. The molecular formula is C14H9N5O3. The van der Waals surface area contributed by atoms with Crippen LogP contribution in [-0.2, 0) is 0 Å². The maximum absolute atomic E-state index is 5.79. The van der Waals surface area contributed by atoms with E-state index in [0.29, 0.717) is 34.3 Å². The van der Waals surface area contributed by atoms with Crippen molar-refractivity contribution in [3.8, 4) is 23.1 Å². The summed E-state index contributed by atoms with van der Waals surface area (Å²) in [5, 5.41) is 12.0. The summed E-state index contributed by atoms with van der Waals surface area (Å²) in [6.45, 7) is 1.81. The van der Waals surface area contributed by atoms with Gasteiger partial charge in [-0.05, 0) is 31.2 Å². The van der Waals surface area contributed by atoms with Gasteiger partial charge in [-0.2, -0.15) is 4.98 Å². The summed E-state index contributed by atoms with van der Waals surface area (Å²) >= 11 is 0. The third-order valence-corrected chi connectivity index (χ3v) is 3.08. The predicted octanol–water partition coefficient (Wildman–Crippen LogP) is 2.77. The Bertz CT molecular complexity index is 915. The van der Waals surface area contributed by atoms with Crippen LogP contribution in [0.1, 0.15) is 5.69 Å². The summed E-state index contributed by atoms with van der Waals surface area (Å²) in [5.41, 5.74) is 1.87. The van der Waals surface area contributed by atoms with Crippen LogP contribution in [0, 0.1) is 6.92 Å². The Labute approximate surface area is 123 Å². The molecule has 0 spiro atoms. The standard InChI is InChI=1S/C14H9N5O3/c1-8-11-13(15-6-16-14(11)22-19-8)21-10-4-2-9(3-5-10)12-18-17-7-20-12/h2-7H,1H3. The maximum atomic E-state index is 5.79. The molecule has 0 N–H and O–H groups in total. The van der Waals surface area contributed by atoms with E-state index in [4.69, 9.17) is 13.7 Å². The molecule has 3 heterocycles. The number of aromatic nitrogens is 5. The molecule has 4 rings (SSSR count). The molecule has 4 aromatic rings. The third kappa shape index (κ3) is 2.06. The van der Waals surface area contributed by atoms with E-state index in [1.165, 1.54) is 12.7 Å². The highest BCUT2D eigenvalue weighted by atomic mass is 16.5. The number of rotatable bonds is 3. The zero-order valence-corrected chi connectivity index (χ0v) is 11.4. The monoisotopic (exact) mass is 295 g/mol. The minimum Gasteiger partial charge on any atom is -0.438 e. The average molecular weight is 295 g/mol. The maximum Gasteiger partial charge on any atom is 0.264 e. The summed E-state index contributed by atoms with van der Waals surface area (Å²) in [7, 11) is 0. The zero-order chi connectivity index (χ0) is 14.9. The molecule has 8 heteroatoms. The van der Waals surface area contributed by atoms with E-state index in [0.717, 1.165) is 5.56 Å². The van der Waals surface area contributed by atoms with Gasteiger partial charge in [-0.3, -0.25) is 0 Å². The molecule has 0 aliphatic heterocycles. The molecule has 8 nitrogen and oxygen atoms in total. The zero-order valence-electron chi connectivity index (χ0n) is 11.4. The first-order chi connectivity index (χ1) is 10.8. The fourth-order valence-electron chi connectivity index (χ4n) is 2.04. The first-order valence-corrected chi connectivity index (χ1v) is 6.43. The van der Waals surface area contributed by atoms with Crippen LogP contribution in [0.25, 0.3) is 22.6 Å². The normalized spacial score (nSPS) is 11.0. The van der Waals surface area contributed by atoms with Crippen LogP contribution in [-0.4, -0.2) is 25.3 Å². The van der Waals surface area contributed by atoms with E-state index < -0.39 is 0 Å². The highest BCUT2D eigenvalue weighted by Gasteiger charge is 2.14. The Morgan fingerprint density at radius 3 is 2.73 bits per heavy atom. The van der Waals surface area contributed by atoms with Gasteiger partial charge < -0.3 is 13.7 Å².